The SMILES string of the molecule is [CH2-]c1cc(F)ccc1OC.[Zn+][Br]. The topological polar surface area (TPSA) is 9.23 Å². The van der Waals surface area contributed by atoms with Crippen LogP contribution in [0, 0.1) is 12.7 Å². The number of benzene rings is 1. The van der Waals surface area contributed by atoms with E-state index in [2.05, 4.69) is 20.5 Å². The second-order valence-electron chi connectivity index (χ2n) is 1.96. The van der Waals surface area contributed by atoms with Crippen LogP contribution in [0.25, 0.3) is 0 Å². The molecular formula is C8H8BrFOZn. The zero-order valence-electron chi connectivity index (χ0n) is 6.81. The molecule has 0 bridgehead atoms. The molecule has 1 nitrogen and oxygen atoms in total. The van der Waals surface area contributed by atoms with Gasteiger partial charge in [0, 0.05) is 5.75 Å². The maximum atomic E-state index is 12.4. The van der Waals surface area contributed by atoms with Gasteiger partial charge in [0.05, 0.1) is 12.9 Å². The Balaban J connectivity index is 0.000000561. The number of hydrogen-bond donors (Lipinski definition) is 0. The van der Waals surface area contributed by atoms with Crippen LogP contribution in [0.1, 0.15) is 5.56 Å². The van der Waals surface area contributed by atoms with Gasteiger partial charge in [-0.1, -0.05) is 6.07 Å². The Morgan fingerprint density at radius 1 is 1.50 bits per heavy atom. The van der Waals surface area contributed by atoms with Gasteiger partial charge in [-0.2, -0.15) is 12.5 Å². The summed E-state index contributed by atoms with van der Waals surface area (Å²) < 4.78 is 17.3. The van der Waals surface area contributed by atoms with E-state index < -0.39 is 0 Å². The van der Waals surface area contributed by atoms with Gasteiger partial charge in [-0.05, 0) is 6.07 Å². The number of hydrogen-bond acceptors (Lipinski definition) is 1. The first-order chi connectivity index (χ1) is 5.74. The van der Waals surface area contributed by atoms with Crippen molar-refractivity contribution < 1.29 is 25.5 Å². The predicted molar refractivity (Wildman–Crippen MR) is 46.3 cm³/mol. The maximum absolute atomic E-state index is 12.4. The molecule has 1 aromatic rings. The molecule has 1 aromatic carbocycles. The molecule has 0 amide bonds. The van der Waals surface area contributed by atoms with Crippen molar-refractivity contribution in [3.63, 3.8) is 0 Å². The van der Waals surface area contributed by atoms with Crippen molar-refractivity contribution in [1.29, 1.82) is 0 Å². The number of halogens is 2. The molecule has 4 heteroatoms. The third-order valence-electron chi connectivity index (χ3n) is 1.24. The summed E-state index contributed by atoms with van der Waals surface area (Å²) in [7, 11) is 1.53. The second kappa shape index (κ2) is 6.44. The molecule has 0 saturated heterocycles. The van der Waals surface area contributed by atoms with Crippen molar-refractivity contribution in [3.8, 4) is 5.75 Å². The van der Waals surface area contributed by atoms with Gasteiger partial charge in [0.2, 0.25) is 0 Å². The Kier molecular flexibility index (Phi) is 6.40. The third kappa shape index (κ3) is 3.55. The van der Waals surface area contributed by atoms with E-state index in [-0.39, 0.29) is 5.82 Å². The Morgan fingerprint density at radius 3 is 2.50 bits per heavy atom. The minimum atomic E-state index is -0.286. The fraction of sp³-hybridized carbons (Fsp3) is 0.125. The summed E-state index contributed by atoms with van der Waals surface area (Å²) in [5.74, 6) is 0.326. The molecule has 0 spiro atoms. The van der Waals surface area contributed by atoms with Crippen molar-refractivity contribution in [2.75, 3.05) is 7.11 Å². The quantitative estimate of drug-likeness (QED) is 0.569. The summed E-state index contributed by atoms with van der Waals surface area (Å²) in [6.45, 7) is 3.59. The van der Waals surface area contributed by atoms with Gasteiger partial charge in [0.1, 0.15) is 0 Å². The van der Waals surface area contributed by atoms with Gasteiger partial charge in [-0.15, -0.1) is 6.07 Å². The monoisotopic (exact) mass is 282 g/mol. The molecule has 0 radical (unpaired) electrons. The van der Waals surface area contributed by atoms with Crippen LogP contribution in [0.4, 0.5) is 4.39 Å². The van der Waals surface area contributed by atoms with E-state index in [9.17, 15) is 4.39 Å². The zero-order valence-corrected chi connectivity index (χ0v) is 11.4. The molecule has 12 heavy (non-hydrogen) atoms. The summed E-state index contributed by atoms with van der Waals surface area (Å²) in [5, 5.41) is 0. The molecule has 0 fully saturated rings. The molecule has 62 valence electrons. The van der Waals surface area contributed by atoms with Crippen LogP contribution >= 0.6 is 13.6 Å². The van der Waals surface area contributed by atoms with Crippen LogP contribution in [0.3, 0.4) is 0 Å². The van der Waals surface area contributed by atoms with E-state index in [1.54, 1.807) is 6.07 Å². The number of rotatable bonds is 1. The zero-order chi connectivity index (χ0) is 9.56. The molecule has 0 heterocycles. The van der Waals surface area contributed by atoms with E-state index in [0.29, 0.717) is 11.3 Å². The van der Waals surface area contributed by atoms with Crippen molar-refractivity contribution in [3.05, 3.63) is 36.5 Å². The van der Waals surface area contributed by atoms with Crippen LogP contribution in [0.2, 0.25) is 0 Å². The molecule has 0 atom stereocenters. The summed E-state index contributed by atoms with van der Waals surface area (Å²) in [6.07, 6.45) is 0. The van der Waals surface area contributed by atoms with Gasteiger partial charge in [0.25, 0.3) is 0 Å². The third-order valence-corrected chi connectivity index (χ3v) is 1.24. The average Bonchev–Trinajstić information content (AvgIpc) is 2.08. The van der Waals surface area contributed by atoms with Crippen LogP contribution in [0.5, 0.6) is 5.75 Å². The average molecular weight is 284 g/mol. The molecule has 0 unspecified atom stereocenters. The summed E-state index contributed by atoms with van der Waals surface area (Å²) in [5.41, 5.74) is 0.572. The molecule has 1 rings (SSSR count). The molecule has 0 aliphatic rings. The molecular weight excluding hydrogens is 276 g/mol. The Hall–Kier alpha value is -0.0766. The number of ether oxygens (including phenoxy) is 1. The molecule has 0 saturated carbocycles. The van der Waals surface area contributed by atoms with Gasteiger partial charge in [0.15, 0.2) is 0 Å². The van der Waals surface area contributed by atoms with Crippen molar-refractivity contribution in [1.82, 2.24) is 0 Å². The standard InChI is InChI=1S/C8H8FO.BrH.Zn/c1-6-5-7(9)3-4-8(6)10-2;;/h3-5H,1H2,2H3;1H;/q-1;;+2/p-1. The normalized spacial score (nSPS) is 8.42. The summed E-state index contributed by atoms with van der Waals surface area (Å²) in [6, 6.07) is 4.23. The summed E-state index contributed by atoms with van der Waals surface area (Å²) in [4.78, 5) is 0. The first-order valence-corrected chi connectivity index (χ1v) is 10.1. The molecule has 0 N–H and O–H groups in total. The van der Waals surface area contributed by atoms with Crippen LogP contribution < -0.4 is 4.74 Å². The van der Waals surface area contributed by atoms with Gasteiger partial charge in [-0.25, -0.2) is 4.39 Å². The Labute approximate surface area is 88.3 Å². The van der Waals surface area contributed by atoms with E-state index in [1.807, 2.05) is 0 Å². The van der Waals surface area contributed by atoms with Gasteiger partial charge < -0.3 is 4.74 Å². The van der Waals surface area contributed by atoms with E-state index in [1.165, 1.54) is 35.6 Å². The van der Waals surface area contributed by atoms with Crippen LogP contribution in [-0.2, 0) is 16.3 Å². The first kappa shape index (κ1) is 11.9. The van der Waals surface area contributed by atoms with Crippen molar-refractivity contribution in [2.24, 2.45) is 0 Å². The number of methoxy groups -OCH3 is 1. The molecule has 0 aliphatic carbocycles. The predicted octanol–water partition coefficient (Wildman–Crippen LogP) is 2.86. The summed E-state index contributed by atoms with van der Waals surface area (Å²) >= 11 is 4.25. The van der Waals surface area contributed by atoms with E-state index in [0.717, 1.165) is 0 Å². The molecule has 0 aliphatic heterocycles. The van der Waals surface area contributed by atoms with Crippen LogP contribution in [-0.4, -0.2) is 7.11 Å². The van der Waals surface area contributed by atoms with Gasteiger partial charge >= 0.3 is 30.0 Å². The van der Waals surface area contributed by atoms with Crippen molar-refractivity contribution >= 4 is 13.6 Å². The fourth-order valence-corrected chi connectivity index (χ4v) is 0.747. The Morgan fingerprint density at radius 2 is 2.08 bits per heavy atom. The van der Waals surface area contributed by atoms with E-state index >= 15 is 0 Å². The minimum absolute atomic E-state index is 0.286. The van der Waals surface area contributed by atoms with Gasteiger partial charge in [-0.3, -0.25) is 0 Å². The van der Waals surface area contributed by atoms with E-state index in [4.69, 9.17) is 4.74 Å². The first-order valence-electron chi connectivity index (χ1n) is 3.16. The van der Waals surface area contributed by atoms with Crippen LogP contribution in [0.15, 0.2) is 18.2 Å². The molecule has 0 aromatic heterocycles. The fourth-order valence-electron chi connectivity index (χ4n) is 0.747. The van der Waals surface area contributed by atoms with Crippen molar-refractivity contribution in [2.45, 2.75) is 0 Å². The Bertz CT molecular complexity index is 242. The second-order valence-corrected chi connectivity index (χ2v) is 1.96.